The van der Waals surface area contributed by atoms with Gasteiger partial charge in [0.1, 0.15) is 11.6 Å². The smallest absolute Gasteiger partial charge is 0.421 e. The molecule has 0 amide bonds. The number of benzene rings is 2. The van der Waals surface area contributed by atoms with Gasteiger partial charge in [-0.15, -0.1) is 0 Å². The Kier molecular flexibility index (Phi) is 6.66. The summed E-state index contributed by atoms with van der Waals surface area (Å²) in [6, 6.07) is 21.4. The van der Waals surface area contributed by atoms with Gasteiger partial charge in [0, 0.05) is 0 Å². The Morgan fingerprint density at radius 1 is 1.09 bits per heavy atom. The first-order chi connectivity index (χ1) is 16.0. The molecule has 8 nitrogen and oxygen atoms in total. The second-order valence-electron chi connectivity index (χ2n) is 7.30. The van der Waals surface area contributed by atoms with Crippen LogP contribution in [0.5, 0.6) is 5.88 Å². The largest absolute Gasteiger partial charge is 0.435 e. The van der Waals surface area contributed by atoms with Crippen molar-refractivity contribution in [2.24, 2.45) is 0 Å². The number of rotatable bonds is 8. The minimum Gasteiger partial charge on any atom is -0.421 e. The third-order valence-electron chi connectivity index (χ3n) is 5.17. The zero-order valence-corrected chi connectivity index (χ0v) is 19.6. The lowest BCUT2D eigenvalue weighted by molar-refractivity contribution is 0.206. The van der Waals surface area contributed by atoms with Crippen molar-refractivity contribution in [3.05, 3.63) is 88.9 Å². The number of nitrogens with one attached hydrogen (secondary N) is 1. The Morgan fingerprint density at radius 3 is 2.27 bits per heavy atom. The van der Waals surface area contributed by atoms with E-state index in [1.165, 1.54) is 0 Å². The topological polar surface area (TPSA) is 98.4 Å². The van der Waals surface area contributed by atoms with E-state index in [1.807, 2.05) is 67.6 Å². The van der Waals surface area contributed by atoms with Gasteiger partial charge in [-0.3, -0.25) is 14.1 Å². The van der Waals surface area contributed by atoms with E-state index in [-0.39, 0.29) is 24.7 Å². The Morgan fingerprint density at radius 2 is 1.70 bits per heavy atom. The van der Waals surface area contributed by atoms with Crippen molar-refractivity contribution in [3.8, 4) is 17.6 Å². The molecule has 0 radical (unpaired) electrons. The zero-order valence-electron chi connectivity index (χ0n) is 18.7. The highest BCUT2D eigenvalue weighted by Gasteiger charge is 2.39. The van der Waals surface area contributed by atoms with Crippen LogP contribution in [0.25, 0.3) is 5.69 Å². The fraction of sp³-hybridized carbons (Fsp3) is 0.250. The summed E-state index contributed by atoms with van der Waals surface area (Å²) >= 11 is 0. The van der Waals surface area contributed by atoms with E-state index in [0.29, 0.717) is 5.88 Å². The SMILES string of the molecule is CCOP(=O)(NC1=C(C#N)C(c2ccccc2)c2c(C)nn(-c3ccccc3)c2O1)OCC. The van der Waals surface area contributed by atoms with Gasteiger partial charge in [-0.05, 0) is 38.5 Å². The van der Waals surface area contributed by atoms with Gasteiger partial charge in [0.2, 0.25) is 11.8 Å². The van der Waals surface area contributed by atoms with Crippen LogP contribution in [0, 0.1) is 18.3 Å². The highest BCUT2D eigenvalue weighted by atomic mass is 31.2. The van der Waals surface area contributed by atoms with E-state index in [0.717, 1.165) is 22.5 Å². The van der Waals surface area contributed by atoms with Crippen LogP contribution >= 0.6 is 7.75 Å². The number of aryl methyl sites for hydroxylation is 1. The quantitative estimate of drug-likeness (QED) is 0.457. The minimum atomic E-state index is -3.76. The summed E-state index contributed by atoms with van der Waals surface area (Å²) in [4.78, 5) is 0. The van der Waals surface area contributed by atoms with Crippen LogP contribution in [0.4, 0.5) is 0 Å². The highest BCUT2D eigenvalue weighted by Crippen LogP contribution is 2.49. The predicted octanol–water partition coefficient (Wildman–Crippen LogP) is 5.21. The fourth-order valence-corrected chi connectivity index (χ4v) is 5.16. The van der Waals surface area contributed by atoms with Crippen molar-refractivity contribution in [1.29, 1.82) is 5.26 Å². The molecule has 0 saturated carbocycles. The number of ether oxygens (including phenoxy) is 1. The Hall–Kier alpha value is -3.37. The maximum absolute atomic E-state index is 13.3. The molecule has 0 spiro atoms. The van der Waals surface area contributed by atoms with E-state index < -0.39 is 13.7 Å². The number of nitrogens with zero attached hydrogens (tertiary/aromatic N) is 3. The van der Waals surface area contributed by atoms with E-state index in [9.17, 15) is 9.83 Å². The molecule has 2 heterocycles. The molecule has 0 bridgehead atoms. The Labute approximate surface area is 193 Å². The van der Waals surface area contributed by atoms with Crippen molar-refractivity contribution in [1.82, 2.24) is 14.9 Å². The fourth-order valence-electron chi connectivity index (χ4n) is 3.86. The van der Waals surface area contributed by atoms with Crippen LogP contribution in [0.1, 0.15) is 36.6 Å². The van der Waals surface area contributed by atoms with Gasteiger partial charge < -0.3 is 4.74 Å². The normalized spacial score (nSPS) is 15.5. The minimum absolute atomic E-state index is 0.0289. The van der Waals surface area contributed by atoms with Crippen LogP contribution < -0.4 is 9.82 Å². The molecular formula is C24H25N4O4P. The van der Waals surface area contributed by atoms with E-state index in [2.05, 4.69) is 11.2 Å². The number of fused-ring (bicyclic) bond motifs is 1. The third kappa shape index (κ3) is 4.44. The molecule has 1 aliphatic rings. The highest BCUT2D eigenvalue weighted by molar-refractivity contribution is 7.51. The lowest BCUT2D eigenvalue weighted by Crippen LogP contribution is -2.26. The number of allylic oxidation sites excluding steroid dienone is 1. The first-order valence-electron chi connectivity index (χ1n) is 10.7. The van der Waals surface area contributed by atoms with Gasteiger partial charge in [0.05, 0.1) is 36.1 Å². The summed E-state index contributed by atoms with van der Waals surface area (Å²) < 4.78 is 31.9. The molecule has 0 saturated heterocycles. The number of hydrogen-bond donors (Lipinski definition) is 1. The molecule has 2 aromatic carbocycles. The Balaban J connectivity index is 1.92. The van der Waals surface area contributed by atoms with Crippen molar-refractivity contribution in [2.75, 3.05) is 13.2 Å². The third-order valence-corrected chi connectivity index (χ3v) is 6.85. The van der Waals surface area contributed by atoms with Gasteiger partial charge in [0.15, 0.2) is 0 Å². The van der Waals surface area contributed by atoms with Crippen molar-refractivity contribution in [2.45, 2.75) is 26.7 Å². The van der Waals surface area contributed by atoms with Gasteiger partial charge in [-0.25, -0.2) is 9.25 Å². The van der Waals surface area contributed by atoms with Gasteiger partial charge in [0.25, 0.3) is 0 Å². The number of hydrogen-bond acceptors (Lipinski definition) is 6. The summed E-state index contributed by atoms with van der Waals surface area (Å²) in [6.07, 6.45) is 0. The molecule has 1 N–H and O–H groups in total. The lowest BCUT2D eigenvalue weighted by Gasteiger charge is -2.28. The summed E-state index contributed by atoms with van der Waals surface area (Å²) in [6.45, 7) is 5.64. The van der Waals surface area contributed by atoms with Crippen LogP contribution in [0.15, 0.2) is 72.1 Å². The average Bonchev–Trinajstić information content (AvgIpc) is 3.15. The molecule has 33 heavy (non-hydrogen) atoms. The molecule has 0 fully saturated rings. The average molecular weight is 464 g/mol. The molecule has 0 aliphatic carbocycles. The second kappa shape index (κ2) is 9.63. The van der Waals surface area contributed by atoms with Crippen LogP contribution in [0.3, 0.4) is 0 Å². The molecule has 1 unspecified atom stereocenters. The van der Waals surface area contributed by atoms with Crippen molar-refractivity contribution < 1.29 is 18.3 Å². The van der Waals surface area contributed by atoms with Crippen LogP contribution in [0.2, 0.25) is 0 Å². The molecule has 9 heteroatoms. The number of nitriles is 1. The molecule has 1 aliphatic heterocycles. The van der Waals surface area contributed by atoms with E-state index >= 15 is 0 Å². The number of aromatic nitrogens is 2. The Bertz CT molecular complexity index is 1240. The predicted molar refractivity (Wildman–Crippen MR) is 124 cm³/mol. The first kappa shape index (κ1) is 22.8. The van der Waals surface area contributed by atoms with Gasteiger partial charge >= 0.3 is 7.75 Å². The van der Waals surface area contributed by atoms with E-state index in [4.69, 9.17) is 18.9 Å². The maximum Gasteiger partial charge on any atom is 0.435 e. The second-order valence-corrected chi connectivity index (χ2v) is 9.03. The monoisotopic (exact) mass is 464 g/mol. The molecule has 1 aromatic heterocycles. The van der Waals surface area contributed by atoms with Crippen LogP contribution in [-0.2, 0) is 13.6 Å². The van der Waals surface area contributed by atoms with Gasteiger partial charge in [-0.2, -0.15) is 10.4 Å². The molecule has 3 aromatic rings. The van der Waals surface area contributed by atoms with Crippen molar-refractivity contribution >= 4 is 7.75 Å². The van der Waals surface area contributed by atoms with Gasteiger partial charge in [-0.1, -0.05) is 48.5 Å². The van der Waals surface area contributed by atoms with Crippen molar-refractivity contribution in [3.63, 3.8) is 0 Å². The molecule has 4 rings (SSSR count). The standard InChI is InChI=1S/C24H25N4O4P/c1-4-30-33(29,31-5-2)27-23-20(16-25)22(18-12-8-6-9-13-18)21-17(3)26-28(24(21)32-23)19-14-10-7-11-15-19/h6-15,22H,4-5H2,1-3H3,(H,27,29). The summed E-state index contributed by atoms with van der Waals surface area (Å²) in [7, 11) is -3.76. The molecule has 170 valence electrons. The first-order valence-corrected chi connectivity index (χ1v) is 12.2. The number of para-hydroxylation sites is 1. The zero-order chi connectivity index (χ0) is 23.4. The summed E-state index contributed by atoms with van der Waals surface area (Å²) in [5.74, 6) is -0.00798. The van der Waals surface area contributed by atoms with E-state index in [1.54, 1.807) is 18.5 Å². The molecule has 1 atom stereocenters. The summed E-state index contributed by atoms with van der Waals surface area (Å²) in [5.41, 5.74) is 3.45. The molecular weight excluding hydrogens is 439 g/mol. The van der Waals surface area contributed by atoms with Crippen LogP contribution in [-0.4, -0.2) is 23.0 Å². The summed E-state index contributed by atoms with van der Waals surface area (Å²) in [5, 5.41) is 17.6. The lowest BCUT2D eigenvalue weighted by atomic mass is 9.84. The maximum atomic E-state index is 13.3.